The van der Waals surface area contributed by atoms with Crippen LogP contribution in [0.1, 0.15) is 25.7 Å². The van der Waals surface area contributed by atoms with E-state index in [0.717, 1.165) is 18.3 Å². The Hall–Kier alpha value is -1.03. The number of likely N-dealkylation sites (tertiary alicyclic amines) is 1. The summed E-state index contributed by atoms with van der Waals surface area (Å²) >= 11 is 0. The highest BCUT2D eigenvalue weighted by molar-refractivity contribution is 5.30. The number of rotatable bonds is 3. The van der Waals surface area contributed by atoms with E-state index in [0.29, 0.717) is 0 Å². The lowest BCUT2D eigenvalue weighted by molar-refractivity contribution is 0.169. The van der Waals surface area contributed by atoms with Gasteiger partial charge < -0.3 is 10.6 Å². The van der Waals surface area contributed by atoms with Crippen molar-refractivity contribution < 1.29 is 0 Å². The first-order chi connectivity index (χ1) is 7.25. The Labute approximate surface area is 91.1 Å². The molecule has 0 saturated carbocycles. The molecule has 84 valence electrons. The third-order valence-electron chi connectivity index (χ3n) is 3.27. The molecule has 1 aliphatic heterocycles. The molecule has 4 nitrogen and oxygen atoms in total. The fourth-order valence-corrected chi connectivity index (χ4v) is 2.29. The zero-order chi connectivity index (χ0) is 10.7. The van der Waals surface area contributed by atoms with Crippen molar-refractivity contribution in [2.45, 2.75) is 38.3 Å². The summed E-state index contributed by atoms with van der Waals surface area (Å²) in [7, 11) is 2.22. The third kappa shape index (κ3) is 2.72. The molecule has 0 spiro atoms. The number of nitrogens with zero attached hydrogens (tertiary/aromatic N) is 3. The molecule has 1 saturated heterocycles. The van der Waals surface area contributed by atoms with Gasteiger partial charge in [0.1, 0.15) is 0 Å². The summed E-state index contributed by atoms with van der Waals surface area (Å²) < 4.78 is 1.94. The van der Waals surface area contributed by atoms with Crippen LogP contribution in [0, 0.1) is 0 Å². The van der Waals surface area contributed by atoms with E-state index in [1.165, 1.54) is 32.2 Å². The Morgan fingerprint density at radius 1 is 1.53 bits per heavy atom. The van der Waals surface area contributed by atoms with Crippen LogP contribution in [0.5, 0.6) is 0 Å². The van der Waals surface area contributed by atoms with Crippen molar-refractivity contribution in [2.24, 2.45) is 0 Å². The second kappa shape index (κ2) is 4.66. The monoisotopic (exact) mass is 208 g/mol. The minimum Gasteiger partial charge on any atom is -0.396 e. The van der Waals surface area contributed by atoms with Crippen LogP contribution in [0.15, 0.2) is 12.4 Å². The number of nitrogens with two attached hydrogens (primary N) is 1. The van der Waals surface area contributed by atoms with E-state index in [1.54, 1.807) is 6.20 Å². The normalized spacial score (nSPS) is 23.1. The van der Waals surface area contributed by atoms with Crippen LogP contribution >= 0.6 is 0 Å². The van der Waals surface area contributed by atoms with E-state index in [2.05, 4.69) is 17.0 Å². The van der Waals surface area contributed by atoms with Gasteiger partial charge in [-0.25, -0.2) is 0 Å². The molecule has 1 aliphatic rings. The van der Waals surface area contributed by atoms with Crippen LogP contribution in [-0.2, 0) is 6.54 Å². The SMILES string of the molecule is CN1CCCCC1CCn1cc(N)cn1. The van der Waals surface area contributed by atoms with Gasteiger partial charge in [0.25, 0.3) is 0 Å². The van der Waals surface area contributed by atoms with Gasteiger partial charge in [0, 0.05) is 18.8 Å². The lowest BCUT2D eigenvalue weighted by atomic mass is 10.0. The number of aryl methyl sites for hydroxylation is 1. The molecule has 0 amide bonds. The molecule has 0 aromatic carbocycles. The van der Waals surface area contributed by atoms with Crippen LogP contribution in [0.4, 0.5) is 5.69 Å². The van der Waals surface area contributed by atoms with Crippen LogP contribution in [0.3, 0.4) is 0 Å². The first kappa shape index (κ1) is 10.5. The van der Waals surface area contributed by atoms with Crippen LogP contribution in [-0.4, -0.2) is 34.3 Å². The molecule has 0 radical (unpaired) electrons. The van der Waals surface area contributed by atoms with E-state index >= 15 is 0 Å². The quantitative estimate of drug-likeness (QED) is 0.815. The molecule has 15 heavy (non-hydrogen) atoms. The zero-order valence-corrected chi connectivity index (χ0v) is 9.39. The minimum absolute atomic E-state index is 0.726. The van der Waals surface area contributed by atoms with Gasteiger partial charge >= 0.3 is 0 Å². The van der Waals surface area contributed by atoms with Crippen molar-refractivity contribution in [3.63, 3.8) is 0 Å². The molecular formula is C11H20N4. The highest BCUT2D eigenvalue weighted by Gasteiger charge is 2.18. The molecule has 2 N–H and O–H groups in total. The highest BCUT2D eigenvalue weighted by atomic mass is 15.3. The molecule has 1 atom stereocenters. The molecule has 1 unspecified atom stereocenters. The molecular weight excluding hydrogens is 188 g/mol. The predicted octanol–water partition coefficient (Wildman–Crippen LogP) is 1.34. The number of nitrogen functional groups attached to an aromatic ring is 1. The highest BCUT2D eigenvalue weighted by Crippen LogP contribution is 2.18. The number of piperidine rings is 1. The molecule has 0 bridgehead atoms. The van der Waals surface area contributed by atoms with Crippen molar-refractivity contribution in [3.05, 3.63) is 12.4 Å². The van der Waals surface area contributed by atoms with Crippen molar-refractivity contribution >= 4 is 5.69 Å². The first-order valence-electron chi connectivity index (χ1n) is 5.74. The second-order valence-electron chi connectivity index (χ2n) is 4.46. The van der Waals surface area contributed by atoms with Gasteiger partial charge in [0.05, 0.1) is 11.9 Å². The van der Waals surface area contributed by atoms with Gasteiger partial charge in [-0.3, -0.25) is 4.68 Å². The average Bonchev–Trinajstić information content (AvgIpc) is 2.63. The summed E-state index contributed by atoms with van der Waals surface area (Å²) in [6.45, 7) is 2.22. The zero-order valence-electron chi connectivity index (χ0n) is 9.39. The molecule has 0 aliphatic carbocycles. The van der Waals surface area contributed by atoms with Gasteiger partial charge in [-0.05, 0) is 32.9 Å². The second-order valence-corrected chi connectivity index (χ2v) is 4.46. The minimum atomic E-state index is 0.726. The fraction of sp³-hybridized carbons (Fsp3) is 0.727. The van der Waals surface area contributed by atoms with Gasteiger partial charge in [-0.15, -0.1) is 0 Å². The maximum absolute atomic E-state index is 5.62. The lowest BCUT2D eigenvalue weighted by Crippen LogP contribution is -2.36. The lowest BCUT2D eigenvalue weighted by Gasteiger charge is -2.32. The maximum atomic E-state index is 5.62. The van der Waals surface area contributed by atoms with Crippen LogP contribution < -0.4 is 5.73 Å². The Bertz CT molecular complexity index is 307. The van der Waals surface area contributed by atoms with E-state index in [1.807, 2.05) is 10.9 Å². The summed E-state index contributed by atoms with van der Waals surface area (Å²) in [5.41, 5.74) is 6.38. The van der Waals surface area contributed by atoms with Crippen molar-refractivity contribution in [2.75, 3.05) is 19.3 Å². The summed E-state index contributed by atoms with van der Waals surface area (Å²) in [4.78, 5) is 2.47. The number of hydrogen-bond donors (Lipinski definition) is 1. The molecule has 1 aromatic heterocycles. The smallest absolute Gasteiger partial charge is 0.0719 e. The molecule has 2 heterocycles. The van der Waals surface area contributed by atoms with Crippen molar-refractivity contribution in [3.8, 4) is 0 Å². The number of anilines is 1. The maximum Gasteiger partial charge on any atom is 0.0719 e. The molecule has 1 fully saturated rings. The summed E-state index contributed by atoms with van der Waals surface area (Å²) in [6.07, 6.45) is 8.84. The van der Waals surface area contributed by atoms with Crippen molar-refractivity contribution in [1.29, 1.82) is 0 Å². The Balaban J connectivity index is 1.81. The summed E-state index contributed by atoms with van der Waals surface area (Å²) in [5, 5.41) is 4.20. The largest absolute Gasteiger partial charge is 0.396 e. The molecule has 4 heteroatoms. The van der Waals surface area contributed by atoms with Crippen LogP contribution in [0.25, 0.3) is 0 Å². The third-order valence-corrected chi connectivity index (χ3v) is 3.27. The predicted molar refractivity (Wildman–Crippen MR) is 61.5 cm³/mol. The number of aromatic nitrogens is 2. The Kier molecular flexibility index (Phi) is 3.26. The van der Waals surface area contributed by atoms with E-state index in [4.69, 9.17) is 5.73 Å². The van der Waals surface area contributed by atoms with Gasteiger partial charge in [-0.1, -0.05) is 6.42 Å². The van der Waals surface area contributed by atoms with Crippen molar-refractivity contribution in [1.82, 2.24) is 14.7 Å². The first-order valence-corrected chi connectivity index (χ1v) is 5.74. The standard InChI is InChI=1S/C11H20N4/c1-14-6-3-2-4-11(14)5-7-15-9-10(12)8-13-15/h8-9,11H,2-7,12H2,1H3. The van der Waals surface area contributed by atoms with Gasteiger partial charge in [0.2, 0.25) is 0 Å². The number of hydrogen-bond acceptors (Lipinski definition) is 3. The summed E-state index contributed by atoms with van der Waals surface area (Å²) in [6, 6.07) is 0.726. The molecule has 1 aromatic rings. The van der Waals surface area contributed by atoms with Gasteiger partial charge in [-0.2, -0.15) is 5.10 Å². The fourth-order valence-electron chi connectivity index (χ4n) is 2.29. The van der Waals surface area contributed by atoms with E-state index in [9.17, 15) is 0 Å². The Morgan fingerprint density at radius 2 is 2.40 bits per heavy atom. The molecule has 2 rings (SSSR count). The van der Waals surface area contributed by atoms with Gasteiger partial charge in [0.15, 0.2) is 0 Å². The van der Waals surface area contributed by atoms with E-state index < -0.39 is 0 Å². The summed E-state index contributed by atoms with van der Waals surface area (Å²) in [5.74, 6) is 0. The Morgan fingerprint density at radius 3 is 3.07 bits per heavy atom. The van der Waals surface area contributed by atoms with Crippen LogP contribution in [0.2, 0.25) is 0 Å². The topological polar surface area (TPSA) is 47.1 Å². The average molecular weight is 208 g/mol. The van der Waals surface area contributed by atoms with E-state index in [-0.39, 0.29) is 0 Å².